The Labute approximate surface area is 101 Å². The van der Waals surface area contributed by atoms with Gasteiger partial charge in [0.1, 0.15) is 12.4 Å². The van der Waals surface area contributed by atoms with Gasteiger partial charge in [-0.05, 0) is 22.0 Å². The number of rotatable bonds is 6. The predicted octanol–water partition coefficient (Wildman–Crippen LogP) is 0.340. The fourth-order valence-electron chi connectivity index (χ4n) is 0.997. The maximum absolute atomic E-state index is 10.4. The first-order valence-electron chi connectivity index (χ1n) is 4.60. The SMILES string of the molecule is NC(=O)COCCNc1ncc(N)cc1Br. The Hall–Kier alpha value is -1.34. The average Bonchev–Trinajstić information content (AvgIpc) is 2.20. The molecular formula is C9H13BrN4O2. The van der Waals surface area contributed by atoms with E-state index in [0.29, 0.717) is 24.7 Å². The van der Waals surface area contributed by atoms with Crippen LogP contribution in [-0.2, 0) is 9.53 Å². The van der Waals surface area contributed by atoms with Crippen LogP contribution in [0.3, 0.4) is 0 Å². The third-order valence-electron chi connectivity index (χ3n) is 1.65. The Morgan fingerprint density at radius 1 is 1.62 bits per heavy atom. The van der Waals surface area contributed by atoms with Gasteiger partial charge >= 0.3 is 0 Å². The van der Waals surface area contributed by atoms with Crippen molar-refractivity contribution in [1.82, 2.24) is 4.98 Å². The largest absolute Gasteiger partial charge is 0.397 e. The topological polar surface area (TPSA) is 103 Å². The van der Waals surface area contributed by atoms with Crippen molar-refractivity contribution >= 4 is 33.3 Å². The van der Waals surface area contributed by atoms with Crippen LogP contribution in [0.2, 0.25) is 0 Å². The van der Waals surface area contributed by atoms with Crippen LogP contribution in [0.15, 0.2) is 16.7 Å². The van der Waals surface area contributed by atoms with Crippen molar-refractivity contribution in [2.75, 3.05) is 30.8 Å². The van der Waals surface area contributed by atoms with Crippen LogP contribution in [-0.4, -0.2) is 30.6 Å². The first-order valence-corrected chi connectivity index (χ1v) is 5.40. The maximum atomic E-state index is 10.4. The molecule has 0 saturated carbocycles. The zero-order valence-corrected chi connectivity index (χ0v) is 10.2. The van der Waals surface area contributed by atoms with Gasteiger partial charge in [-0.3, -0.25) is 4.79 Å². The minimum Gasteiger partial charge on any atom is -0.397 e. The molecule has 0 aliphatic carbocycles. The van der Waals surface area contributed by atoms with Gasteiger partial charge in [0.15, 0.2) is 0 Å². The molecule has 1 aromatic rings. The van der Waals surface area contributed by atoms with Gasteiger partial charge in [-0.15, -0.1) is 0 Å². The molecule has 0 saturated heterocycles. The van der Waals surface area contributed by atoms with Gasteiger partial charge in [0, 0.05) is 6.54 Å². The molecule has 1 rings (SSSR count). The summed E-state index contributed by atoms with van der Waals surface area (Å²) in [6, 6.07) is 1.75. The molecule has 16 heavy (non-hydrogen) atoms. The number of hydrogen-bond donors (Lipinski definition) is 3. The van der Waals surface area contributed by atoms with Crippen molar-refractivity contribution in [2.24, 2.45) is 5.73 Å². The van der Waals surface area contributed by atoms with E-state index in [-0.39, 0.29) is 6.61 Å². The van der Waals surface area contributed by atoms with Gasteiger partial charge < -0.3 is 21.5 Å². The van der Waals surface area contributed by atoms with Crippen LogP contribution in [0.4, 0.5) is 11.5 Å². The van der Waals surface area contributed by atoms with Crippen LogP contribution in [0.25, 0.3) is 0 Å². The fourth-order valence-corrected chi connectivity index (χ4v) is 1.50. The number of nitrogen functional groups attached to an aromatic ring is 1. The number of nitrogens with one attached hydrogen (secondary N) is 1. The standard InChI is InChI=1S/C9H13BrN4O2/c10-7-3-6(11)4-14-9(7)13-1-2-16-5-8(12)15/h3-4H,1-2,5,11H2,(H2,12,15)(H,13,14). The lowest BCUT2D eigenvalue weighted by Gasteiger charge is -2.07. The van der Waals surface area contributed by atoms with Crippen molar-refractivity contribution in [3.8, 4) is 0 Å². The van der Waals surface area contributed by atoms with Crippen LogP contribution in [0.1, 0.15) is 0 Å². The summed E-state index contributed by atoms with van der Waals surface area (Å²) in [5.41, 5.74) is 11.0. The molecule has 1 aromatic heterocycles. The number of hydrogen-bond acceptors (Lipinski definition) is 5. The molecule has 0 radical (unpaired) electrons. The number of amides is 1. The number of nitrogens with two attached hydrogens (primary N) is 2. The number of carbonyl (C=O) groups excluding carboxylic acids is 1. The summed E-state index contributed by atoms with van der Waals surface area (Å²) >= 11 is 3.32. The second-order valence-corrected chi connectivity index (χ2v) is 3.90. The number of ether oxygens (including phenoxy) is 1. The van der Waals surface area contributed by atoms with E-state index < -0.39 is 5.91 Å². The molecule has 1 heterocycles. The number of anilines is 2. The smallest absolute Gasteiger partial charge is 0.243 e. The van der Waals surface area contributed by atoms with E-state index in [9.17, 15) is 4.79 Å². The Kier molecular flexibility index (Phi) is 5.00. The monoisotopic (exact) mass is 288 g/mol. The number of halogens is 1. The Morgan fingerprint density at radius 2 is 2.38 bits per heavy atom. The molecule has 0 spiro atoms. The molecule has 6 nitrogen and oxygen atoms in total. The van der Waals surface area contributed by atoms with Crippen molar-refractivity contribution in [1.29, 1.82) is 0 Å². The number of aromatic nitrogens is 1. The molecule has 1 amide bonds. The molecule has 0 aromatic carbocycles. The van der Waals surface area contributed by atoms with Crippen molar-refractivity contribution in [3.63, 3.8) is 0 Å². The lowest BCUT2D eigenvalue weighted by molar-refractivity contribution is -0.122. The summed E-state index contributed by atoms with van der Waals surface area (Å²) in [6.45, 7) is 0.836. The summed E-state index contributed by atoms with van der Waals surface area (Å²) in [5.74, 6) is 0.198. The zero-order chi connectivity index (χ0) is 12.0. The highest BCUT2D eigenvalue weighted by atomic mass is 79.9. The number of carbonyl (C=O) groups is 1. The Bertz CT molecular complexity index is 373. The van der Waals surface area contributed by atoms with Gasteiger partial charge in [0.05, 0.1) is 23.0 Å². The van der Waals surface area contributed by atoms with E-state index >= 15 is 0 Å². The lowest BCUT2D eigenvalue weighted by atomic mass is 10.4. The molecule has 0 bridgehead atoms. The normalized spacial score (nSPS) is 10.1. The number of primary amides is 1. The predicted molar refractivity (Wildman–Crippen MR) is 64.9 cm³/mol. The molecule has 0 aliphatic rings. The van der Waals surface area contributed by atoms with Gasteiger partial charge in [-0.1, -0.05) is 0 Å². The Balaban J connectivity index is 2.29. The molecule has 0 unspecified atom stereocenters. The highest BCUT2D eigenvalue weighted by Gasteiger charge is 2.01. The lowest BCUT2D eigenvalue weighted by Crippen LogP contribution is -2.20. The quantitative estimate of drug-likeness (QED) is 0.655. The van der Waals surface area contributed by atoms with Crippen LogP contribution in [0, 0.1) is 0 Å². The van der Waals surface area contributed by atoms with Crippen molar-refractivity contribution in [2.45, 2.75) is 0 Å². The highest BCUT2D eigenvalue weighted by molar-refractivity contribution is 9.10. The highest BCUT2D eigenvalue weighted by Crippen LogP contribution is 2.21. The van der Waals surface area contributed by atoms with Gasteiger partial charge in [0.25, 0.3) is 0 Å². The molecule has 0 fully saturated rings. The van der Waals surface area contributed by atoms with Crippen molar-refractivity contribution in [3.05, 3.63) is 16.7 Å². The maximum Gasteiger partial charge on any atom is 0.243 e. The second kappa shape index (κ2) is 6.29. The summed E-state index contributed by atoms with van der Waals surface area (Å²) in [4.78, 5) is 14.4. The molecule has 0 atom stereocenters. The average molecular weight is 289 g/mol. The first kappa shape index (κ1) is 12.7. The minimum absolute atomic E-state index is 0.0714. The van der Waals surface area contributed by atoms with Gasteiger partial charge in [-0.25, -0.2) is 4.98 Å². The molecule has 0 aliphatic heterocycles. The molecule has 5 N–H and O–H groups in total. The van der Waals surface area contributed by atoms with E-state index in [1.807, 2.05) is 0 Å². The van der Waals surface area contributed by atoms with E-state index in [1.54, 1.807) is 12.3 Å². The summed E-state index contributed by atoms with van der Waals surface area (Å²) in [5, 5.41) is 3.02. The third kappa shape index (κ3) is 4.45. The van der Waals surface area contributed by atoms with Crippen LogP contribution >= 0.6 is 15.9 Å². The van der Waals surface area contributed by atoms with E-state index in [2.05, 4.69) is 26.2 Å². The Morgan fingerprint density at radius 3 is 3.00 bits per heavy atom. The van der Waals surface area contributed by atoms with E-state index in [4.69, 9.17) is 16.2 Å². The van der Waals surface area contributed by atoms with Gasteiger partial charge in [-0.2, -0.15) is 0 Å². The summed E-state index contributed by atoms with van der Waals surface area (Å²) < 4.78 is 5.76. The summed E-state index contributed by atoms with van der Waals surface area (Å²) in [6.07, 6.45) is 1.55. The molecule has 7 heteroatoms. The van der Waals surface area contributed by atoms with Crippen molar-refractivity contribution < 1.29 is 9.53 Å². The second-order valence-electron chi connectivity index (χ2n) is 3.04. The third-order valence-corrected chi connectivity index (χ3v) is 2.25. The fraction of sp³-hybridized carbons (Fsp3) is 0.333. The number of pyridine rings is 1. The zero-order valence-electron chi connectivity index (χ0n) is 8.57. The van der Waals surface area contributed by atoms with Gasteiger partial charge in [0.2, 0.25) is 5.91 Å². The van der Waals surface area contributed by atoms with E-state index in [0.717, 1.165) is 4.47 Å². The van der Waals surface area contributed by atoms with Crippen LogP contribution < -0.4 is 16.8 Å². The van der Waals surface area contributed by atoms with Crippen LogP contribution in [0.5, 0.6) is 0 Å². The first-order chi connectivity index (χ1) is 7.59. The molecule has 88 valence electrons. The molecular weight excluding hydrogens is 276 g/mol. The number of nitrogens with zero attached hydrogens (tertiary/aromatic N) is 1. The minimum atomic E-state index is -0.480. The summed E-state index contributed by atoms with van der Waals surface area (Å²) in [7, 11) is 0. The van der Waals surface area contributed by atoms with E-state index in [1.165, 1.54) is 0 Å².